The van der Waals surface area contributed by atoms with Gasteiger partial charge < -0.3 is 10.6 Å². The Labute approximate surface area is 128 Å². The Hall–Kier alpha value is -1.56. The summed E-state index contributed by atoms with van der Waals surface area (Å²) in [6, 6.07) is 4.77. The number of amides is 1. The van der Waals surface area contributed by atoms with Gasteiger partial charge in [0, 0.05) is 13.1 Å². The molecule has 1 aliphatic heterocycles. The standard InChI is InChI=1S/C16H21F3N2O/c1-11-6-7-21(10-13(11)9-20)15(22)8-12-2-4-14(5-3-12)16(17,18)19/h2-5,11,13H,6-10,20H2,1H3. The Morgan fingerprint density at radius 1 is 1.32 bits per heavy atom. The van der Waals surface area contributed by atoms with Crippen LogP contribution in [0.4, 0.5) is 13.2 Å². The first-order valence-electron chi connectivity index (χ1n) is 7.45. The van der Waals surface area contributed by atoms with Gasteiger partial charge in [0.15, 0.2) is 0 Å². The molecule has 0 aromatic heterocycles. The summed E-state index contributed by atoms with van der Waals surface area (Å²) in [5.74, 6) is 0.746. The van der Waals surface area contributed by atoms with E-state index in [1.165, 1.54) is 12.1 Å². The van der Waals surface area contributed by atoms with E-state index in [2.05, 4.69) is 6.92 Å². The summed E-state index contributed by atoms with van der Waals surface area (Å²) in [5, 5.41) is 0. The molecule has 0 radical (unpaired) electrons. The van der Waals surface area contributed by atoms with E-state index in [0.717, 1.165) is 18.6 Å². The van der Waals surface area contributed by atoms with Crippen LogP contribution in [0.15, 0.2) is 24.3 Å². The fourth-order valence-corrected chi connectivity index (χ4v) is 2.78. The average Bonchev–Trinajstić information content (AvgIpc) is 2.47. The number of hydrogen-bond acceptors (Lipinski definition) is 2. The van der Waals surface area contributed by atoms with Gasteiger partial charge in [-0.3, -0.25) is 4.79 Å². The summed E-state index contributed by atoms with van der Waals surface area (Å²) in [5.41, 5.74) is 5.62. The quantitative estimate of drug-likeness (QED) is 0.932. The van der Waals surface area contributed by atoms with Crippen molar-refractivity contribution in [3.05, 3.63) is 35.4 Å². The number of piperidine rings is 1. The van der Waals surface area contributed by atoms with Crippen molar-refractivity contribution in [2.75, 3.05) is 19.6 Å². The largest absolute Gasteiger partial charge is 0.416 e. The molecule has 1 saturated heterocycles. The molecule has 1 fully saturated rings. The monoisotopic (exact) mass is 314 g/mol. The van der Waals surface area contributed by atoms with E-state index in [9.17, 15) is 18.0 Å². The van der Waals surface area contributed by atoms with E-state index >= 15 is 0 Å². The lowest BCUT2D eigenvalue weighted by molar-refractivity contribution is -0.137. The Balaban J connectivity index is 1.97. The summed E-state index contributed by atoms with van der Waals surface area (Å²) >= 11 is 0. The topological polar surface area (TPSA) is 46.3 Å². The van der Waals surface area contributed by atoms with Crippen molar-refractivity contribution >= 4 is 5.91 Å². The molecule has 2 atom stereocenters. The third-order valence-corrected chi connectivity index (χ3v) is 4.41. The van der Waals surface area contributed by atoms with Crippen LogP contribution in [0.2, 0.25) is 0 Å². The van der Waals surface area contributed by atoms with Crippen LogP contribution in [0.5, 0.6) is 0 Å². The molecule has 1 heterocycles. The molecule has 0 aliphatic carbocycles. The third kappa shape index (κ3) is 4.00. The number of benzene rings is 1. The molecule has 0 saturated carbocycles. The number of halogens is 3. The number of carbonyl (C=O) groups excluding carboxylic acids is 1. The number of alkyl halides is 3. The molecule has 1 amide bonds. The molecule has 22 heavy (non-hydrogen) atoms. The fourth-order valence-electron chi connectivity index (χ4n) is 2.78. The minimum absolute atomic E-state index is 0.0508. The van der Waals surface area contributed by atoms with Crippen LogP contribution >= 0.6 is 0 Å². The molecule has 6 heteroatoms. The summed E-state index contributed by atoms with van der Waals surface area (Å²) in [7, 11) is 0. The SMILES string of the molecule is CC1CCN(C(=O)Cc2ccc(C(F)(F)F)cc2)CC1CN. The number of likely N-dealkylation sites (tertiary alicyclic amines) is 1. The Bertz CT molecular complexity index is 513. The fraction of sp³-hybridized carbons (Fsp3) is 0.562. The number of hydrogen-bond donors (Lipinski definition) is 1. The number of carbonyl (C=O) groups is 1. The lowest BCUT2D eigenvalue weighted by Gasteiger charge is -2.36. The van der Waals surface area contributed by atoms with Crippen molar-refractivity contribution in [3.8, 4) is 0 Å². The minimum atomic E-state index is -4.35. The second-order valence-electron chi connectivity index (χ2n) is 5.97. The molecule has 1 aromatic carbocycles. The van der Waals surface area contributed by atoms with Crippen molar-refractivity contribution in [2.45, 2.75) is 25.9 Å². The van der Waals surface area contributed by atoms with Crippen molar-refractivity contribution in [2.24, 2.45) is 17.6 Å². The van der Waals surface area contributed by atoms with Gasteiger partial charge in [0.05, 0.1) is 12.0 Å². The molecule has 0 bridgehead atoms. The Morgan fingerprint density at radius 2 is 1.95 bits per heavy atom. The zero-order valence-corrected chi connectivity index (χ0v) is 12.6. The van der Waals surface area contributed by atoms with Crippen LogP contribution < -0.4 is 5.73 Å². The molecule has 3 nitrogen and oxygen atoms in total. The molecule has 1 aromatic rings. The zero-order chi connectivity index (χ0) is 16.3. The molecule has 2 unspecified atom stereocenters. The highest BCUT2D eigenvalue weighted by Gasteiger charge is 2.30. The van der Waals surface area contributed by atoms with Crippen LogP contribution in [-0.2, 0) is 17.4 Å². The van der Waals surface area contributed by atoms with Crippen molar-refractivity contribution < 1.29 is 18.0 Å². The lowest BCUT2D eigenvalue weighted by atomic mass is 9.87. The number of rotatable bonds is 3. The predicted molar refractivity (Wildman–Crippen MR) is 78.1 cm³/mol. The smallest absolute Gasteiger partial charge is 0.342 e. The molecule has 1 aliphatic rings. The Kier molecular flexibility index (Phi) is 5.11. The van der Waals surface area contributed by atoms with E-state index in [1.807, 2.05) is 0 Å². The molecule has 122 valence electrons. The van der Waals surface area contributed by atoms with Gasteiger partial charge in [-0.25, -0.2) is 0 Å². The van der Waals surface area contributed by atoms with E-state index < -0.39 is 11.7 Å². The molecule has 2 N–H and O–H groups in total. The van der Waals surface area contributed by atoms with Crippen LogP contribution in [0.25, 0.3) is 0 Å². The second-order valence-corrected chi connectivity index (χ2v) is 5.97. The van der Waals surface area contributed by atoms with Crippen molar-refractivity contribution in [1.82, 2.24) is 4.90 Å². The van der Waals surface area contributed by atoms with Gasteiger partial charge in [-0.15, -0.1) is 0 Å². The highest BCUT2D eigenvalue weighted by Crippen LogP contribution is 2.29. The first-order chi connectivity index (χ1) is 10.3. The van der Waals surface area contributed by atoms with Gasteiger partial charge in [0.25, 0.3) is 0 Å². The maximum atomic E-state index is 12.5. The van der Waals surface area contributed by atoms with Crippen LogP contribution in [0, 0.1) is 11.8 Å². The summed E-state index contributed by atoms with van der Waals surface area (Å²) in [6.45, 7) is 4.01. The van der Waals surface area contributed by atoms with Gasteiger partial charge in [-0.2, -0.15) is 13.2 Å². The third-order valence-electron chi connectivity index (χ3n) is 4.41. The molecule has 2 rings (SSSR count). The average molecular weight is 314 g/mol. The first kappa shape index (κ1) is 16.8. The van der Waals surface area contributed by atoms with Gasteiger partial charge in [-0.05, 0) is 42.5 Å². The normalized spacial score (nSPS) is 22.7. The van der Waals surface area contributed by atoms with Crippen molar-refractivity contribution in [1.29, 1.82) is 0 Å². The summed E-state index contributed by atoms with van der Waals surface area (Å²) in [4.78, 5) is 14.1. The van der Waals surface area contributed by atoms with Crippen LogP contribution in [-0.4, -0.2) is 30.4 Å². The van der Waals surface area contributed by atoms with Crippen LogP contribution in [0.3, 0.4) is 0 Å². The first-order valence-corrected chi connectivity index (χ1v) is 7.45. The predicted octanol–water partition coefficient (Wildman–Crippen LogP) is 2.69. The molecule has 0 spiro atoms. The lowest BCUT2D eigenvalue weighted by Crippen LogP contribution is -2.46. The van der Waals surface area contributed by atoms with E-state index in [-0.39, 0.29) is 12.3 Å². The maximum absolute atomic E-state index is 12.5. The highest BCUT2D eigenvalue weighted by atomic mass is 19.4. The van der Waals surface area contributed by atoms with E-state index in [4.69, 9.17) is 5.73 Å². The summed E-state index contributed by atoms with van der Waals surface area (Å²) < 4.78 is 37.5. The molecular weight excluding hydrogens is 293 g/mol. The Morgan fingerprint density at radius 3 is 2.50 bits per heavy atom. The van der Waals surface area contributed by atoms with Crippen LogP contribution in [0.1, 0.15) is 24.5 Å². The maximum Gasteiger partial charge on any atom is 0.416 e. The highest BCUT2D eigenvalue weighted by molar-refractivity contribution is 5.78. The number of nitrogens with zero attached hydrogens (tertiary/aromatic N) is 1. The molecular formula is C16H21F3N2O. The number of nitrogens with two attached hydrogens (primary N) is 1. The minimum Gasteiger partial charge on any atom is -0.342 e. The second kappa shape index (κ2) is 6.69. The van der Waals surface area contributed by atoms with Gasteiger partial charge in [0.2, 0.25) is 5.91 Å². The van der Waals surface area contributed by atoms with Gasteiger partial charge in [-0.1, -0.05) is 19.1 Å². The zero-order valence-electron chi connectivity index (χ0n) is 12.6. The van der Waals surface area contributed by atoms with Crippen molar-refractivity contribution in [3.63, 3.8) is 0 Å². The van der Waals surface area contributed by atoms with E-state index in [1.54, 1.807) is 4.90 Å². The summed E-state index contributed by atoms with van der Waals surface area (Å²) in [6.07, 6.45) is -3.30. The van der Waals surface area contributed by atoms with Gasteiger partial charge in [0.1, 0.15) is 0 Å². The van der Waals surface area contributed by atoms with Gasteiger partial charge >= 0.3 is 6.18 Å². The van der Waals surface area contributed by atoms with E-state index in [0.29, 0.717) is 37.0 Å².